The average Bonchev–Trinajstić information content (AvgIpc) is 3.93. The van der Waals surface area contributed by atoms with Crippen LogP contribution in [-0.2, 0) is 20.3 Å². The van der Waals surface area contributed by atoms with E-state index in [9.17, 15) is 5.11 Å². The van der Waals surface area contributed by atoms with Crippen molar-refractivity contribution in [2.24, 2.45) is 0 Å². The fourth-order valence-electron chi connectivity index (χ4n) is 5.35. The Morgan fingerprint density at radius 1 is 0.596 bits per heavy atom. The summed E-state index contributed by atoms with van der Waals surface area (Å²) in [6.45, 7) is 14.2. The van der Waals surface area contributed by atoms with Crippen LogP contribution in [0.15, 0.2) is 97.1 Å². The minimum Gasteiger partial charge on any atom is -0.491 e. The van der Waals surface area contributed by atoms with Crippen LogP contribution < -0.4 is 18.9 Å². The van der Waals surface area contributed by atoms with Crippen molar-refractivity contribution < 1.29 is 33.5 Å². The molecule has 1 N–H and O–H groups in total. The van der Waals surface area contributed by atoms with Crippen molar-refractivity contribution in [3.8, 4) is 23.0 Å². The molecule has 7 nitrogen and oxygen atoms in total. The first-order chi connectivity index (χ1) is 22.6. The predicted octanol–water partition coefficient (Wildman–Crippen LogP) is 7.35. The molecule has 2 atom stereocenters. The molecule has 0 aromatic heterocycles. The number of aliphatic hydroxyl groups is 1. The first kappa shape index (κ1) is 34.3. The average molecular weight is 641 g/mol. The Labute approximate surface area is 279 Å². The van der Waals surface area contributed by atoms with Crippen LogP contribution in [0.2, 0.25) is 0 Å². The summed E-state index contributed by atoms with van der Waals surface area (Å²) in [5.74, 6) is 3.08. The van der Waals surface area contributed by atoms with E-state index in [0.717, 1.165) is 23.7 Å². The normalized spacial score (nSPS) is 15.1. The zero-order valence-electron chi connectivity index (χ0n) is 28.2. The van der Waals surface area contributed by atoms with E-state index in [-0.39, 0.29) is 30.1 Å². The maximum absolute atomic E-state index is 10.5. The van der Waals surface area contributed by atoms with Crippen LogP contribution in [0.25, 0.3) is 0 Å². The second kappa shape index (κ2) is 15.7. The standard InChI is InChI=1S/C40H48O7/c1-6-42-23-24-43-34-15-7-29(8-16-34)39(2,3)30-9-17-35(18-10-30)44-25-33(41)26-45-36-19-11-31(12-20-36)40(4,5)32-13-21-37(22-14-32)46-27-38-28-47-38/h7-22,33,38,41H,6,23-28H2,1-5H3. The SMILES string of the molecule is CCOCCOc1ccc(C(C)(C)c2ccc(OCC(O)COc3ccc(C(C)(C)c4ccc(OCC5CO5)cc4)cc3)cc2)cc1. The van der Waals surface area contributed by atoms with Crippen molar-refractivity contribution in [2.75, 3.05) is 46.2 Å². The molecule has 0 spiro atoms. The monoisotopic (exact) mass is 640 g/mol. The number of rotatable bonds is 18. The zero-order chi connectivity index (χ0) is 33.3. The van der Waals surface area contributed by atoms with Crippen molar-refractivity contribution in [3.05, 3.63) is 119 Å². The van der Waals surface area contributed by atoms with E-state index in [1.807, 2.05) is 55.5 Å². The molecular weight excluding hydrogens is 592 g/mol. The third-order valence-electron chi connectivity index (χ3n) is 8.73. The van der Waals surface area contributed by atoms with Crippen molar-refractivity contribution in [2.45, 2.75) is 57.7 Å². The van der Waals surface area contributed by atoms with Crippen LogP contribution in [0.3, 0.4) is 0 Å². The molecule has 0 amide bonds. The number of aliphatic hydroxyl groups excluding tert-OH is 1. The first-order valence-corrected chi connectivity index (χ1v) is 16.5. The maximum atomic E-state index is 10.5. The Kier molecular flexibility index (Phi) is 11.5. The Morgan fingerprint density at radius 3 is 1.32 bits per heavy atom. The van der Waals surface area contributed by atoms with Gasteiger partial charge in [0, 0.05) is 17.4 Å². The van der Waals surface area contributed by atoms with E-state index >= 15 is 0 Å². The molecule has 2 unspecified atom stereocenters. The van der Waals surface area contributed by atoms with Gasteiger partial charge in [0.05, 0.1) is 13.2 Å². The van der Waals surface area contributed by atoms with Gasteiger partial charge in [-0.25, -0.2) is 0 Å². The van der Waals surface area contributed by atoms with Crippen LogP contribution in [0.1, 0.15) is 56.9 Å². The fraction of sp³-hybridized carbons (Fsp3) is 0.400. The van der Waals surface area contributed by atoms with Crippen LogP contribution >= 0.6 is 0 Å². The smallest absolute Gasteiger partial charge is 0.122 e. The molecule has 1 saturated heterocycles. The highest BCUT2D eigenvalue weighted by Crippen LogP contribution is 2.35. The van der Waals surface area contributed by atoms with E-state index in [2.05, 4.69) is 76.2 Å². The van der Waals surface area contributed by atoms with Crippen molar-refractivity contribution in [3.63, 3.8) is 0 Å². The lowest BCUT2D eigenvalue weighted by atomic mass is 9.78. The molecule has 1 aliphatic heterocycles. The molecule has 4 aromatic rings. The molecule has 4 aromatic carbocycles. The van der Waals surface area contributed by atoms with Crippen molar-refractivity contribution >= 4 is 0 Å². The van der Waals surface area contributed by atoms with Crippen LogP contribution in [-0.4, -0.2) is 63.6 Å². The lowest BCUT2D eigenvalue weighted by molar-refractivity contribution is 0.0626. The fourth-order valence-corrected chi connectivity index (χ4v) is 5.35. The summed E-state index contributed by atoms with van der Waals surface area (Å²) in [6, 6.07) is 32.5. The van der Waals surface area contributed by atoms with Gasteiger partial charge in [0.2, 0.25) is 0 Å². The molecule has 0 bridgehead atoms. The van der Waals surface area contributed by atoms with Gasteiger partial charge in [-0.1, -0.05) is 76.2 Å². The Bertz CT molecular complexity index is 1510. The first-order valence-electron chi connectivity index (χ1n) is 16.5. The third-order valence-corrected chi connectivity index (χ3v) is 8.73. The molecule has 0 aliphatic carbocycles. The van der Waals surface area contributed by atoms with Gasteiger partial charge in [-0.15, -0.1) is 0 Å². The number of epoxide rings is 1. The third kappa shape index (κ3) is 9.50. The van der Waals surface area contributed by atoms with E-state index in [1.165, 1.54) is 16.7 Å². The largest absolute Gasteiger partial charge is 0.491 e. The van der Waals surface area contributed by atoms with Crippen LogP contribution in [0, 0.1) is 0 Å². The van der Waals surface area contributed by atoms with Gasteiger partial charge in [0.25, 0.3) is 0 Å². The number of benzene rings is 4. The van der Waals surface area contributed by atoms with Gasteiger partial charge in [0.15, 0.2) is 0 Å². The second-order valence-corrected chi connectivity index (χ2v) is 12.9. The topological polar surface area (TPSA) is 78.9 Å². The van der Waals surface area contributed by atoms with E-state index in [1.54, 1.807) is 0 Å². The highest BCUT2D eigenvalue weighted by atomic mass is 16.6. The Balaban J connectivity index is 1.06. The Hall–Kier alpha value is -4.04. The summed E-state index contributed by atoms with van der Waals surface area (Å²) in [7, 11) is 0. The predicted molar refractivity (Wildman–Crippen MR) is 184 cm³/mol. The quantitative estimate of drug-likeness (QED) is 0.0900. The van der Waals surface area contributed by atoms with Crippen molar-refractivity contribution in [1.29, 1.82) is 0 Å². The van der Waals surface area contributed by atoms with Crippen molar-refractivity contribution in [1.82, 2.24) is 0 Å². The Morgan fingerprint density at radius 2 is 0.957 bits per heavy atom. The molecule has 0 saturated carbocycles. The molecule has 1 aliphatic rings. The molecular formula is C40H48O7. The molecule has 1 fully saturated rings. The van der Waals surface area contributed by atoms with E-state index in [0.29, 0.717) is 37.9 Å². The highest BCUT2D eigenvalue weighted by molar-refractivity contribution is 5.43. The molecule has 5 rings (SSSR count). The summed E-state index contributed by atoms with van der Waals surface area (Å²) in [5.41, 5.74) is 4.31. The summed E-state index contributed by atoms with van der Waals surface area (Å²) in [4.78, 5) is 0. The summed E-state index contributed by atoms with van der Waals surface area (Å²) >= 11 is 0. The summed E-state index contributed by atoms with van der Waals surface area (Å²) in [6.07, 6.45) is -0.534. The lowest BCUT2D eigenvalue weighted by Gasteiger charge is -2.27. The minimum atomic E-state index is -0.774. The molecule has 47 heavy (non-hydrogen) atoms. The number of hydrogen-bond acceptors (Lipinski definition) is 7. The zero-order valence-corrected chi connectivity index (χ0v) is 28.2. The molecule has 250 valence electrons. The van der Waals surface area contributed by atoms with Gasteiger partial charge in [-0.3, -0.25) is 0 Å². The summed E-state index contributed by atoms with van der Waals surface area (Å²) in [5, 5.41) is 10.5. The van der Waals surface area contributed by atoms with Gasteiger partial charge in [-0.2, -0.15) is 0 Å². The highest BCUT2D eigenvalue weighted by Gasteiger charge is 2.25. The molecule has 0 radical (unpaired) electrons. The van der Waals surface area contributed by atoms with Crippen LogP contribution in [0.5, 0.6) is 23.0 Å². The second-order valence-electron chi connectivity index (χ2n) is 12.9. The molecule has 1 heterocycles. The minimum absolute atomic E-state index is 0.131. The van der Waals surface area contributed by atoms with Gasteiger partial charge < -0.3 is 33.5 Å². The van der Waals surface area contributed by atoms with E-state index < -0.39 is 6.10 Å². The number of ether oxygens (including phenoxy) is 6. The van der Waals surface area contributed by atoms with E-state index in [4.69, 9.17) is 28.4 Å². The van der Waals surface area contributed by atoms with Crippen LogP contribution in [0.4, 0.5) is 0 Å². The maximum Gasteiger partial charge on any atom is 0.122 e. The van der Waals surface area contributed by atoms with Gasteiger partial charge >= 0.3 is 0 Å². The van der Waals surface area contributed by atoms with Gasteiger partial charge in [-0.05, 0) is 77.7 Å². The summed E-state index contributed by atoms with van der Waals surface area (Å²) < 4.78 is 33.8. The van der Waals surface area contributed by atoms with Gasteiger partial charge in [0.1, 0.15) is 61.6 Å². The lowest BCUT2D eigenvalue weighted by Crippen LogP contribution is -2.25. The molecule has 7 heteroatoms. The number of hydrogen-bond donors (Lipinski definition) is 1.